The summed E-state index contributed by atoms with van der Waals surface area (Å²) in [5.41, 5.74) is 0.434. The molecule has 0 amide bonds. The molecule has 1 N–H and O–H groups in total. The zero-order valence-electron chi connectivity index (χ0n) is 10.9. The summed E-state index contributed by atoms with van der Waals surface area (Å²) >= 11 is 3.43. The van der Waals surface area contributed by atoms with E-state index in [1.165, 1.54) is 37.7 Å². The van der Waals surface area contributed by atoms with Crippen LogP contribution in [-0.2, 0) is 4.74 Å². The standard InChI is InChI=1S/C12H18N2O2S2/c1-7-10(11(15)16-2)14-12(18-7)13-8-5-4-6-9(8)17-3/h8-9H,4-6H2,1-3H3,(H,13,14). The fourth-order valence-corrected chi connectivity index (χ4v) is 4.07. The number of carbonyl (C=O) groups excluding carboxylic acids is 1. The minimum atomic E-state index is -0.357. The van der Waals surface area contributed by atoms with Gasteiger partial charge in [0.05, 0.1) is 7.11 Å². The number of thioether (sulfide) groups is 1. The molecule has 0 spiro atoms. The second-order valence-electron chi connectivity index (χ2n) is 4.37. The van der Waals surface area contributed by atoms with E-state index in [1.807, 2.05) is 18.7 Å². The van der Waals surface area contributed by atoms with Crippen LogP contribution in [0.3, 0.4) is 0 Å². The predicted octanol–water partition coefficient (Wildman–Crippen LogP) is 2.93. The van der Waals surface area contributed by atoms with E-state index in [0.29, 0.717) is 17.0 Å². The summed E-state index contributed by atoms with van der Waals surface area (Å²) in [7, 11) is 1.38. The minimum Gasteiger partial charge on any atom is -0.464 e. The fraction of sp³-hybridized carbons (Fsp3) is 0.667. The number of anilines is 1. The molecule has 1 aromatic heterocycles. The Hall–Kier alpha value is -0.750. The van der Waals surface area contributed by atoms with Gasteiger partial charge in [0.2, 0.25) is 0 Å². The second kappa shape index (κ2) is 5.93. The molecular formula is C12H18N2O2S2. The first-order chi connectivity index (χ1) is 8.65. The number of nitrogens with one attached hydrogen (secondary N) is 1. The summed E-state index contributed by atoms with van der Waals surface area (Å²) < 4.78 is 4.72. The van der Waals surface area contributed by atoms with Gasteiger partial charge in [-0.1, -0.05) is 6.42 Å². The van der Waals surface area contributed by atoms with E-state index in [9.17, 15) is 4.79 Å². The van der Waals surface area contributed by atoms with Crippen LogP contribution >= 0.6 is 23.1 Å². The maximum Gasteiger partial charge on any atom is 0.357 e. The lowest BCUT2D eigenvalue weighted by atomic mass is 10.2. The van der Waals surface area contributed by atoms with Crippen LogP contribution in [-0.4, -0.2) is 35.6 Å². The molecule has 0 saturated heterocycles. The molecule has 1 aromatic rings. The molecule has 1 saturated carbocycles. The maximum atomic E-state index is 11.5. The highest BCUT2D eigenvalue weighted by molar-refractivity contribution is 7.99. The number of aryl methyl sites for hydroxylation is 1. The van der Waals surface area contributed by atoms with E-state index < -0.39 is 0 Å². The highest BCUT2D eigenvalue weighted by atomic mass is 32.2. The van der Waals surface area contributed by atoms with Gasteiger partial charge in [-0.05, 0) is 26.0 Å². The molecule has 0 radical (unpaired) electrons. The van der Waals surface area contributed by atoms with Gasteiger partial charge < -0.3 is 10.1 Å². The lowest BCUT2D eigenvalue weighted by Crippen LogP contribution is -2.25. The molecule has 18 heavy (non-hydrogen) atoms. The Morgan fingerprint density at radius 1 is 1.56 bits per heavy atom. The Labute approximate surface area is 116 Å². The van der Waals surface area contributed by atoms with E-state index in [2.05, 4.69) is 16.6 Å². The van der Waals surface area contributed by atoms with Crippen molar-refractivity contribution in [1.82, 2.24) is 4.98 Å². The second-order valence-corrected chi connectivity index (χ2v) is 6.65. The molecule has 2 unspecified atom stereocenters. The zero-order chi connectivity index (χ0) is 13.1. The number of hydrogen-bond acceptors (Lipinski definition) is 6. The first kappa shape index (κ1) is 13.7. The summed E-state index contributed by atoms with van der Waals surface area (Å²) in [4.78, 5) is 16.7. The van der Waals surface area contributed by atoms with Gasteiger partial charge in [-0.15, -0.1) is 11.3 Å². The van der Waals surface area contributed by atoms with E-state index in [4.69, 9.17) is 4.74 Å². The zero-order valence-corrected chi connectivity index (χ0v) is 12.5. The summed E-state index contributed by atoms with van der Waals surface area (Å²) in [5, 5.41) is 4.94. The average molecular weight is 286 g/mol. The number of nitrogens with zero attached hydrogens (tertiary/aromatic N) is 1. The third kappa shape index (κ3) is 2.80. The van der Waals surface area contributed by atoms with Crippen molar-refractivity contribution in [2.24, 2.45) is 0 Å². The predicted molar refractivity (Wildman–Crippen MR) is 76.8 cm³/mol. The van der Waals surface area contributed by atoms with Crippen LogP contribution in [0.1, 0.15) is 34.6 Å². The number of methoxy groups -OCH3 is 1. The quantitative estimate of drug-likeness (QED) is 0.862. The van der Waals surface area contributed by atoms with Gasteiger partial charge in [0, 0.05) is 16.2 Å². The normalized spacial score (nSPS) is 23.1. The van der Waals surface area contributed by atoms with Gasteiger partial charge in [-0.25, -0.2) is 9.78 Å². The van der Waals surface area contributed by atoms with Crippen LogP contribution in [0.25, 0.3) is 0 Å². The van der Waals surface area contributed by atoms with Crippen LogP contribution in [0.2, 0.25) is 0 Å². The maximum absolute atomic E-state index is 11.5. The minimum absolute atomic E-state index is 0.357. The Morgan fingerprint density at radius 3 is 3.00 bits per heavy atom. The molecule has 2 rings (SSSR count). The number of thiazole rings is 1. The van der Waals surface area contributed by atoms with E-state index in [1.54, 1.807) is 0 Å². The first-order valence-corrected chi connectivity index (χ1v) is 8.11. The van der Waals surface area contributed by atoms with Gasteiger partial charge in [0.1, 0.15) is 0 Å². The molecule has 100 valence electrons. The molecule has 0 bridgehead atoms. The molecule has 0 aromatic carbocycles. The molecule has 6 heteroatoms. The summed E-state index contributed by atoms with van der Waals surface area (Å²) in [6.45, 7) is 1.90. The van der Waals surface area contributed by atoms with Crippen LogP contribution in [0.4, 0.5) is 5.13 Å². The smallest absolute Gasteiger partial charge is 0.357 e. The number of carbonyl (C=O) groups is 1. The molecule has 1 heterocycles. The number of esters is 1. The Balaban J connectivity index is 2.08. The van der Waals surface area contributed by atoms with Gasteiger partial charge in [0.25, 0.3) is 0 Å². The average Bonchev–Trinajstić information content (AvgIpc) is 2.95. The fourth-order valence-electron chi connectivity index (χ4n) is 2.28. The summed E-state index contributed by atoms with van der Waals surface area (Å²) in [6.07, 6.45) is 5.85. The SMILES string of the molecule is COC(=O)c1nc(NC2CCCC2SC)sc1C. The lowest BCUT2D eigenvalue weighted by Gasteiger charge is -2.18. The summed E-state index contributed by atoms with van der Waals surface area (Å²) in [5.74, 6) is -0.357. The van der Waals surface area contributed by atoms with Gasteiger partial charge in [-0.3, -0.25) is 0 Å². The van der Waals surface area contributed by atoms with Crippen LogP contribution in [0.15, 0.2) is 0 Å². The summed E-state index contributed by atoms with van der Waals surface area (Å²) in [6, 6.07) is 0.469. The van der Waals surface area contributed by atoms with Crippen molar-refractivity contribution in [3.8, 4) is 0 Å². The Kier molecular flexibility index (Phi) is 4.50. The number of rotatable bonds is 4. The highest BCUT2D eigenvalue weighted by Gasteiger charge is 2.27. The van der Waals surface area contributed by atoms with Crippen molar-refractivity contribution >= 4 is 34.2 Å². The van der Waals surface area contributed by atoms with Gasteiger partial charge in [-0.2, -0.15) is 11.8 Å². The van der Waals surface area contributed by atoms with E-state index in [-0.39, 0.29) is 5.97 Å². The number of ether oxygens (including phenoxy) is 1. The van der Waals surface area contributed by atoms with Crippen molar-refractivity contribution in [1.29, 1.82) is 0 Å². The monoisotopic (exact) mass is 286 g/mol. The van der Waals surface area contributed by atoms with E-state index >= 15 is 0 Å². The molecule has 2 atom stereocenters. The van der Waals surface area contributed by atoms with Crippen molar-refractivity contribution < 1.29 is 9.53 Å². The first-order valence-electron chi connectivity index (χ1n) is 6.00. The molecule has 4 nitrogen and oxygen atoms in total. The molecule has 0 aliphatic heterocycles. The molecule has 1 fully saturated rings. The molecular weight excluding hydrogens is 268 g/mol. The van der Waals surface area contributed by atoms with Crippen LogP contribution in [0, 0.1) is 6.92 Å². The largest absolute Gasteiger partial charge is 0.464 e. The van der Waals surface area contributed by atoms with Crippen LogP contribution in [0.5, 0.6) is 0 Å². The van der Waals surface area contributed by atoms with Crippen molar-refractivity contribution in [3.05, 3.63) is 10.6 Å². The van der Waals surface area contributed by atoms with Crippen molar-refractivity contribution in [2.75, 3.05) is 18.7 Å². The lowest BCUT2D eigenvalue weighted by molar-refractivity contribution is 0.0594. The van der Waals surface area contributed by atoms with E-state index in [0.717, 1.165) is 10.0 Å². The Morgan fingerprint density at radius 2 is 2.33 bits per heavy atom. The highest BCUT2D eigenvalue weighted by Crippen LogP contribution is 2.32. The van der Waals surface area contributed by atoms with Gasteiger partial charge >= 0.3 is 5.97 Å². The number of hydrogen-bond donors (Lipinski definition) is 1. The topological polar surface area (TPSA) is 51.2 Å². The number of aromatic nitrogens is 1. The van der Waals surface area contributed by atoms with Crippen molar-refractivity contribution in [3.63, 3.8) is 0 Å². The molecule has 1 aliphatic rings. The third-order valence-electron chi connectivity index (χ3n) is 3.24. The van der Waals surface area contributed by atoms with Crippen LogP contribution < -0.4 is 5.32 Å². The molecule has 1 aliphatic carbocycles. The third-order valence-corrected chi connectivity index (χ3v) is 5.31. The Bertz CT molecular complexity index is 434. The van der Waals surface area contributed by atoms with Crippen molar-refractivity contribution in [2.45, 2.75) is 37.5 Å². The van der Waals surface area contributed by atoms with Gasteiger partial charge in [0.15, 0.2) is 10.8 Å².